The molecule has 210 valence electrons. The summed E-state index contributed by atoms with van der Waals surface area (Å²) < 4.78 is 31.8. The molecule has 0 aromatic carbocycles. The summed E-state index contributed by atoms with van der Waals surface area (Å²) in [6.45, 7) is 8.99. The molecule has 39 heavy (non-hydrogen) atoms. The first-order valence-corrected chi connectivity index (χ1v) is 13.6. The number of hydrogen-bond donors (Lipinski definition) is 0. The van der Waals surface area contributed by atoms with Crippen LogP contribution in [0.15, 0.2) is 17.3 Å². The number of epoxide rings is 1. The van der Waals surface area contributed by atoms with Crippen LogP contribution in [0.1, 0.15) is 52.7 Å². The molecule has 0 amide bonds. The van der Waals surface area contributed by atoms with Crippen LogP contribution >= 0.6 is 0 Å². The van der Waals surface area contributed by atoms with E-state index in [-0.39, 0.29) is 53.2 Å². The van der Waals surface area contributed by atoms with Crippen molar-refractivity contribution in [3.05, 3.63) is 33.2 Å². The molecule has 8 atom stereocenters. The average Bonchev–Trinajstić information content (AvgIpc) is 3.74. The first kappa shape index (κ1) is 25.0. The number of hydrogen-bond acceptors (Lipinski definition) is 10. The van der Waals surface area contributed by atoms with Gasteiger partial charge in [0, 0.05) is 22.3 Å². The Morgan fingerprint density at radius 2 is 2.13 bits per heavy atom. The van der Waals surface area contributed by atoms with Crippen LogP contribution in [0.25, 0.3) is 0 Å². The molecule has 6 aliphatic rings. The summed E-state index contributed by atoms with van der Waals surface area (Å²) in [4.78, 5) is 39.8. The van der Waals surface area contributed by atoms with Crippen molar-refractivity contribution in [1.82, 2.24) is 9.55 Å². The molecule has 4 heterocycles. The van der Waals surface area contributed by atoms with Gasteiger partial charge in [-0.1, -0.05) is 25.8 Å². The number of ether oxygens (including phenoxy) is 5. The Labute approximate surface area is 225 Å². The van der Waals surface area contributed by atoms with Crippen LogP contribution in [0.5, 0.6) is 0 Å². The lowest BCUT2D eigenvalue weighted by Gasteiger charge is -2.60. The Hall–Kier alpha value is -2.99. The maximum absolute atomic E-state index is 13.2. The van der Waals surface area contributed by atoms with Gasteiger partial charge in [0.15, 0.2) is 12.3 Å². The minimum absolute atomic E-state index is 0.00990. The maximum Gasteiger partial charge on any atom is 0.509 e. The second kappa shape index (κ2) is 7.60. The zero-order valence-corrected chi connectivity index (χ0v) is 22.7. The molecule has 12 heteroatoms. The first-order chi connectivity index (χ1) is 18.4. The van der Waals surface area contributed by atoms with E-state index in [0.717, 1.165) is 24.0 Å². The molecule has 0 N–H and O–H groups in total. The lowest BCUT2D eigenvalue weighted by Crippen LogP contribution is -2.73. The van der Waals surface area contributed by atoms with Crippen molar-refractivity contribution in [1.29, 1.82) is 0 Å². The molecule has 1 aromatic heterocycles. The number of esters is 1. The van der Waals surface area contributed by atoms with E-state index < -0.39 is 28.4 Å². The number of cyclic esters (lactones) is 1. The third-order valence-corrected chi connectivity index (χ3v) is 11.2. The summed E-state index contributed by atoms with van der Waals surface area (Å²) >= 11 is 0. The van der Waals surface area contributed by atoms with E-state index in [0.29, 0.717) is 25.3 Å². The number of nitrogens with zero attached hydrogens (tertiary/aromatic N) is 3. The quantitative estimate of drug-likeness (QED) is 0.235. The zero-order chi connectivity index (χ0) is 27.7. The van der Waals surface area contributed by atoms with Crippen LogP contribution in [0.2, 0.25) is 0 Å². The third kappa shape index (κ3) is 2.83. The van der Waals surface area contributed by atoms with E-state index in [1.807, 2.05) is 6.92 Å². The number of rotatable bonds is 5. The Balaban J connectivity index is 1.19. The molecular formula is C27H33N3O9. The van der Waals surface area contributed by atoms with Crippen molar-refractivity contribution >= 4 is 18.1 Å². The third-order valence-electron chi connectivity index (χ3n) is 11.2. The second-order valence-corrected chi connectivity index (χ2v) is 12.7. The monoisotopic (exact) mass is 543 g/mol. The number of aromatic nitrogens is 2. The number of carbonyl (C=O) groups is 2. The maximum atomic E-state index is 13.2. The summed E-state index contributed by atoms with van der Waals surface area (Å²) in [6.07, 6.45) is 2.09. The zero-order valence-electron chi connectivity index (χ0n) is 22.7. The Morgan fingerprint density at radius 3 is 2.82 bits per heavy atom. The van der Waals surface area contributed by atoms with Gasteiger partial charge < -0.3 is 33.8 Å². The van der Waals surface area contributed by atoms with Gasteiger partial charge in [-0.05, 0) is 48.5 Å². The van der Waals surface area contributed by atoms with Crippen LogP contribution in [-0.4, -0.2) is 63.2 Å². The Kier molecular flexibility index (Phi) is 4.87. The fraction of sp³-hybridized carbons (Fsp3) is 0.741. The molecule has 3 aliphatic carbocycles. The van der Waals surface area contributed by atoms with Gasteiger partial charge in [0.1, 0.15) is 30.1 Å². The van der Waals surface area contributed by atoms with E-state index in [9.17, 15) is 19.7 Å². The largest absolute Gasteiger partial charge is 0.509 e. The molecule has 3 aliphatic heterocycles. The van der Waals surface area contributed by atoms with Gasteiger partial charge in [0.25, 0.3) is 0 Å². The summed E-state index contributed by atoms with van der Waals surface area (Å²) in [6, 6.07) is 0. The standard InChI is InChI=1S/C27H33N3O9/c1-13(2)26-8-17(26)19-27(39-19)24(3)7-6-15-16(11-35-20(15)31)18(24)12-37-25(27,4)21(26)38-23(32)36-10-14-9-28-22(29(14)5)30(33)34/h9,13,17-19,21H,6-8,10-12H2,1-5H3/t17-,18?,19-,21-,24-,25+,26+,27+/m0/s1. The van der Waals surface area contributed by atoms with Gasteiger partial charge in [0.05, 0.1) is 19.8 Å². The Bertz CT molecular complexity index is 1350. The molecule has 0 bridgehead atoms. The topological polar surface area (TPSA) is 145 Å². The van der Waals surface area contributed by atoms with Gasteiger partial charge in [-0.15, -0.1) is 0 Å². The van der Waals surface area contributed by atoms with Gasteiger partial charge in [-0.2, -0.15) is 0 Å². The van der Waals surface area contributed by atoms with Crippen molar-refractivity contribution in [2.24, 2.45) is 35.6 Å². The minimum Gasteiger partial charge on any atom is -0.458 e. The Morgan fingerprint density at radius 1 is 1.36 bits per heavy atom. The molecule has 2 saturated carbocycles. The second-order valence-electron chi connectivity index (χ2n) is 12.7. The van der Waals surface area contributed by atoms with Crippen LogP contribution in [0, 0.1) is 38.7 Å². The van der Waals surface area contributed by atoms with E-state index in [4.69, 9.17) is 23.7 Å². The van der Waals surface area contributed by atoms with E-state index in [2.05, 4.69) is 25.8 Å². The average molecular weight is 544 g/mol. The predicted octanol–water partition coefficient (Wildman–Crippen LogP) is 3.22. The summed E-state index contributed by atoms with van der Waals surface area (Å²) in [5, 5.41) is 11.1. The summed E-state index contributed by atoms with van der Waals surface area (Å²) in [5.74, 6) is -0.143. The fourth-order valence-electron chi connectivity index (χ4n) is 9.00. The summed E-state index contributed by atoms with van der Waals surface area (Å²) in [7, 11) is 1.50. The van der Waals surface area contributed by atoms with Crippen LogP contribution in [0.4, 0.5) is 10.7 Å². The fourth-order valence-corrected chi connectivity index (χ4v) is 9.00. The molecule has 0 radical (unpaired) electrons. The van der Waals surface area contributed by atoms with Crippen LogP contribution in [-0.2, 0) is 42.1 Å². The molecule has 4 fully saturated rings. The van der Waals surface area contributed by atoms with Crippen molar-refractivity contribution in [2.75, 3.05) is 13.2 Å². The van der Waals surface area contributed by atoms with Crippen molar-refractivity contribution in [3.8, 4) is 0 Å². The van der Waals surface area contributed by atoms with Crippen molar-refractivity contribution < 1.29 is 38.2 Å². The molecule has 1 aromatic rings. The number of fused-ring (bicyclic) bond motifs is 4. The van der Waals surface area contributed by atoms with Gasteiger partial charge in [0.2, 0.25) is 0 Å². The van der Waals surface area contributed by atoms with Crippen LogP contribution in [0.3, 0.4) is 0 Å². The lowest BCUT2D eigenvalue weighted by atomic mass is 9.49. The number of carbonyl (C=O) groups excluding carboxylic acids is 2. The van der Waals surface area contributed by atoms with Gasteiger partial charge >= 0.3 is 18.1 Å². The molecule has 12 nitrogen and oxygen atoms in total. The summed E-state index contributed by atoms with van der Waals surface area (Å²) in [5.41, 5.74) is -0.0307. The number of nitro groups is 1. The number of imidazole rings is 1. The lowest BCUT2D eigenvalue weighted by molar-refractivity contribution is -0.396. The van der Waals surface area contributed by atoms with Crippen molar-refractivity contribution in [3.63, 3.8) is 0 Å². The first-order valence-electron chi connectivity index (χ1n) is 13.6. The molecule has 2 saturated heterocycles. The highest BCUT2D eigenvalue weighted by Gasteiger charge is 2.93. The highest BCUT2D eigenvalue weighted by Crippen LogP contribution is 2.82. The highest BCUT2D eigenvalue weighted by molar-refractivity contribution is 5.92. The highest BCUT2D eigenvalue weighted by atomic mass is 16.7. The van der Waals surface area contributed by atoms with E-state index in [1.165, 1.54) is 17.8 Å². The van der Waals surface area contributed by atoms with Gasteiger partial charge in [-0.3, -0.25) is 0 Å². The molecule has 1 spiro atoms. The minimum atomic E-state index is -0.925. The van der Waals surface area contributed by atoms with Gasteiger partial charge in [-0.25, -0.2) is 14.2 Å². The molecule has 1 unspecified atom stereocenters. The smallest absolute Gasteiger partial charge is 0.458 e. The van der Waals surface area contributed by atoms with E-state index in [1.54, 1.807) is 0 Å². The van der Waals surface area contributed by atoms with Crippen LogP contribution < -0.4 is 0 Å². The molecular weight excluding hydrogens is 510 g/mol. The SMILES string of the molecule is CC(C)[C@]12C[C@H]1[C@@H]1O[C@@]13[C@@]1(C)CCC4=C(COC4=O)C1CO[C@]3(C)[C@@H]2OC(=O)OCc1cnc([N+](=O)[O-])n1C. The normalized spacial score (nSPS) is 43.0. The van der Waals surface area contributed by atoms with Crippen molar-refractivity contribution in [2.45, 2.75) is 77.0 Å². The van der Waals surface area contributed by atoms with E-state index >= 15 is 0 Å². The molecule has 7 rings (SSSR count). The predicted molar refractivity (Wildman–Crippen MR) is 131 cm³/mol.